The lowest BCUT2D eigenvalue weighted by Gasteiger charge is -2.15. The third-order valence-electron chi connectivity index (χ3n) is 2.98. The second kappa shape index (κ2) is 5.84. The molecule has 1 atom stereocenters. The molecule has 0 aliphatic heterocycles. The molecule has 1 unspecified atom stereocenters. The monoisotopic (exact) mass is 290 g/mol. The first-order valence-electron chi connectivity index (χ1n) is 6.12. The second-order valence-electron chi connectivity index (χ2n) is 4.53. The Morgan fingerprint density at radius 2 is 2.05 bits per heavy atom. The summed E-state index contributed by atoms with van der Waals surface area (Å²) in [6.45, 7) is 1.84. The molecule has 0 radical (unpaired) electrons. The number of benzene rings is 2. The Bertz CT molecular complexity index is 644. The normalized spacial score (nSPS) is 11.9. The van der Waals surface area contributed by atoms with Crippen molar-refractivity contribution in [3.63, 3.8) is 0 Å². The average molecular weight is 291 g/mol. The zero-order chi connectivity index (χ0) is 14.7. The van der Waals surface area contributed by atoms with Crippen LogP contribution in [0.15, 0.2) is 42.5 Å². The molecular weight excluding hydrogens is 276 g/mol. The van der Waals surface area contributed by atoms with Crippen molar-refractivity contribution in [2.75, 3.05) is 5.73 Å². The highest BCUT2D eigenvalue weighted by molar-refractivity contribution is 6.33. The van der Waals surface area contributed by atoms with E-state index in [1.54, 1.807) is 30.3 Å². The van der Waals surface area contributed by atoms with Crippen LogP contribution in [0.3, 0.4) is 0 Å². The molecule has 2 aromatic carbocycles. The Balaban J connectivity index is 2.13. The minimum Gasteiger partial charge on any atom is -0.508 e. The van der Waals surface area contributed by atoms with Gasteiger partial charge in [0, 0.05) is 5.56 Å². The first kappa shape index (κ1) is 14.2. The van der Waals surface area contributed by atoms with E-state index in [1.807, 2.05) is 13.0 Å². The molecule has 0 bridgehead atoms. The number of hydrogen-bond donors (Lipinski definition) is 3. The van der Waals surface area contributed by atoms with Crippen molar-refractivity contribution in [2.24, 2.45) is 0 Å². The predicted octanol–water partition coefficient (Wildman–Crippen LogP) is 3.12. The SMILES string of the molecule is CC(NC(=O)c1ccc(N)c(Cl)c1)c1cccc(O)c1. The minimum atomic E-state index is -0.247. The van der Waals surface area contributed by atoms with Crippen molar-refractivity contribution >= 4 is 23.2 Å². The highest BCUT2D eigenvalue weighted by Crippen LogP contribution is 2.21. The molecule has 0 spiro atoms. The van der Waals surface area contributed by atoms with Crippen LogP contribution in [0, 0.1) is 0 Å². The van der Waals surface area contributed by atoms with E-state index >= 15 is 0 Å². The van der Waals surface area contributed by atoms with Gasteiger partial charge < -0.3 is 16.2 Å². The van der Waals surface area contributed by atoms with Crippen LogP contribution < -0.4 is 11.1 Å². The molecule has 0 heterocycles. The number of nitrogen functional groups attached to an aromatic ring is 1. The van der Waals surface area contributed by atoms with Crippen LogP contribution >= 0.6 is 11.6 Å². The zero-order valence-electron chi connectivity index (χ0n) is 10.9. The molecule has 0 aromatic heterocycles. The smallest absolute Gasteiger partial charge is 0.251 e. The number of nitrogens with one attached hydrogen (secondary N) is 1. The summed E-state index contributed by atoms with van der Waals surface area (Å²) in [6, 6.07) is 11.3. The van der Waals surface area contributed by atoms with E-state index in [0.29, 0.717) is 16.3 Å². The van der Waals surface area contributed by atoms with Gasteiger partial charge in [-0.2, -0.15) is 0 Å². The maximum absolute atomic E-state index is 12.1. The summed E-state index contributed by atoms with van der Waals surface area (Å²) < 4.78 is 0. The fraction of sp³-hybridized carbons (Fsp3) is 0.133. The standard InChI is InChI=1S/C15H15ClN2O2/c1-9(10-3-2-4-12(19)7-10)18-15(20)11-5-6-14(17)13(16)8-11/h2-9,19H,17H2,1H3,(H,18,20). The van der Waals surface area contributed by atoms with Gasteiger partial charge in [0.25, 0.3) is 5.91 Å². The molecule has 20 heavy (non-hydrogen) atoms. The number of anilines is 1. The van der Waals surface area contributed by atoms with Crippen LogP contribution in [-0.4, -0.2) is 11.0 Å². The Hall–Kier alpha value is -2.20. The van der Waals surface area contributed by atoms with Gasteiger partial charge in [-0.25, -0.2) is 0 Å². The third kappa shape index (κ3) is 3.22. The highest BCUT2D eigenvalue weighted by Gasteiger charge is 2.12. The molecular formula is C15H15ClN2O2. The van der Waals surface area contributed by atoms with E-state index < -0.39 is 0 Å². The van der Waals surface area contributed by atoms with Crippen LogP contribution in [0.4, 0.5) is 5.69 Å². The summed E-state index contributed by atoms with van der Waals surface area (Å²) in [5, 5.41) is 12.6. The Morgan fingerprint density at radius 1 is 1.30 bits per heavy atom. The highest BCUT2D eigenvalue weighted by atomic mass is 35.5. The van der Waals surface area contributed by atoms with E-state index in [9.17, 15) is 9.90 Å². The quantitative estimate of drug-likeness (QED) is 0.760. The van der Waals surface area contributed by atoms with E-state index in [2.05, 4.69) is 5.32 Å². The number of rotatable bonds is 3. The zero-order valence-corrected chi connectivity index (χ0v) is 11.7. The van der Waals surface area contributed by atoms with Gasteiger partial charge in [-0.05, 0) is 42.8 Å². The lowest BCUT2D eigenvalue weighted by Crippen LogP contribution is -2.26. The number of phenols is 1. The molecule has 0 aliphatic rings. The van der Waals surface area contributed by atoms with Gasteiger partial charge in [-0.15, -0.1) is 0 Å². The Morgan fingerprint density at radius 3 is 2.70 bits per heavy atom. The molecule has 4 nitrogen and oxygen atoms in total. The predicted molar refractivity (Wildman–Crippen MR) is 79.9 cm³/mol. The van der Waals surface area contributed by atoms with Gasteiger partial charge in [0.15, 0.2) is 0 Å². The van der Waals surface area contributed by atoms with E-state index in [-0.39, 0.29) is 17.7 Å². The van der Waals surface area contributed by atoms with Crippen LogP contribution in [0.25, 0.3) is 0 Å². The van der Waals surface area contributed by atoms with Crippen molar-refractivity contribution in [1.29, 1.82) is 0 Å². The van der Waals surface area contributed by atoms with Crippen LogP contribution in [0.5, 0.6) is 5.75 Å². The number of aromatic hydroxyl groups is 1. The minimum absolute atomic E-state index is 0.166. The Kier molecular flexibility index (Phi) is 4.15. The third-order valence-corrected chi connectivity index (χ3v) is 3.31. The average Bonchev–Trinajstić information content (AvgIpc) is 2.41. The number of hydrogen-bond acceptors (Lipinski definition) is 3. The van der Waals surface area contributed by atoms with Crippen molar-refractivity contribution < 1.29 is 9.90 Å². The van der Waals surface area contributed by atoms with Gasteiger partial charge in [0.1, 0.15) is 5.75 Å². The van der Waals surface area contributed by atoms with Gasteiger partial charge in [0.2, 0.25) is 0 Å². The summed E-state index contributed by atoms with van der Waals surface area (Å²) in [7, 11) is 0. The molecule has 0 saturated carbocycles. The van der Waals surface area contributed by atoms with Gasteiger partial charge >= 0.3 is 0 Å². The molecule has 5 heteroatoms. The lowest BCUT2D eigenvalue weighted by atomic mass is 10.1. The van der Waals surface area contributed by atoms with Crippen molar-refractivity contribution in [3.05, 3.63) is 58.6 Å². The van der Waals surface area contributed by atoms with Gasteiger partial charge in [-0.1, -0.05) is 23.7 Å². The summed E-state index contributed by atoms with van der Waals surface area (Å²) in [6.07, 6.45) is 0. The number of carbonyl (C=O) groups is 1. The van der Waals surface area contributed by atoms with Crippen LogP contribution in [0.2, 0.25) is 5.02 Å². The van der Waals surface area contributed by atoms with Crippen molar-refractivity contribution in [3.8, 4) is 5.75 Å². The van der Waals surface area contributed by atoms with E-state index in [1.165, 1.54) is 6.07 Å². The number of amides is 1. The first-order valence-corrected chi connectivity index (χ1v) is 6.50. The van der Waals surface area contributed by atoms with E-state index in [4.69, 9.17) is 17.3 Å². The summed E-state index contributed by atoms with van der Waals surface area (Å²) in [5.74, 6) is -0.0816. The van der Waals surface area contributed by atoms with E-state index in [0.717, 1.165) is 5.56 Å². The van der Waals surface area contributed by atoms with Gasteiger partial charge in [-0.3, -0.25) is 4.79 Å². The first-order chi connectivity index (χ1) is 9.47. The topological polar surface area (TPSA) is 75.4 Å². The lowest BCUT2D eigenvalue weighted by molar-refractivity contribution is 0.0940. The number of phenolic OH excluding ortho intramolecular Hbond substituents is 1. The van der Waals surface area contributed by atoms with Crippen molar-refractivity contribution in [1.82, 2.24) is 5.32 Å². The summed E-state index contributed by atoms with van der Waals surface area (Å²) >= 11 is 5.89. The second-order valence-corrected chi connectivity index (χ2v) is 4.93. The molecule has 0 fully saturated rings. The number of nitrogens with two attached hydrogens (primary N) is 1. The molecule has 2 aromatic rings. The fourth-order valence-electron chi connectivity index (χ4n) is 1.83. The fourth-order valence-corrected chi connectivity index (χ4v) is 2.01. The number of carbonyl (C=O) groups excluding carboxylic acids is 1. The van der Waals surface area contributed by atoms with Crippen molar-refractivity contribution in [2.45, 2.75) is 13.0 Å². The summed E-state index contributed by atoms with van der Waals surface area (Å²) in [5.41, 5.74) is 7.30. The van der Waals surface area contributed by atoms with Crippen LogP contribution in [0.1, 0.15) is 28.9 Å². The molecule has 0 saturated heterocycles. The van der Waals surface area contributed by atoms with Gasteiger partial charge in [0.05, 0.1) is 16.8 Å². The summed E-state index contributed by atoms with van der Waals surface area (Å²) in [4.78, 5) is 12.1. The Labute approximate surface area is 122 Å². The molecule has 4 N–H and O–H groups in total. The van der Waals surface area contributed by atoms with Crippen LogP contribution in [-0.2, 0) is 0 Å². The largest absolute Gasteiger partial charge is 0.508 e. The molecule has 1 amide bonds. The molecule has 2 rings (SSSR count). The molecule has 0 aliphatic carbocycles. The maximum Gasteiger partial charge on any atom is 0.251 e. The number of halogens is 1. The molecule has 104 valence electrons. The maximum atomic E-state index is 12.1.